The maximum absolute atomic E-state index is 13.6. The number of aromatic nitrogens is 6. The van der Waals surface area contributed by atoms with Gasteiger partial charge in [-0.1, -0.05) is 60.7 Å². The largest absolute Gasteiger partial charge is 0.368 e. The summed E-state index contributed by atoms with van der Waals surface area (Å²) in [5.74, 6) is 2.27. The van der Waals surface area contributed by atoms with Crippen molar-refractivity contribution in [2.24, 2.45) is 0 Å². The molecule has 9 rings (SSSR count). The molecule has 0 saturated carbocycles. The van der Waals surface area contributed by atoms with Crippen LogP contribution in [0, 0.1) is 0 Å². The van der Waals surface area contributed by atoms with Gasteiger partial charge in [0.15, 0.2) is 0 Å². The van der Waals surface area contributed by atoms with Crippen LogP contribution in [-0.4, -0.2) is 90.8 Å². The molecule has 286 valence electrons. The Bertz CT molecular complexity index is 2300. The number of H-pyrrole nitrogens is 2. The molecule has 3 aromatic heterocycles. The Hall–Kier alpha value is -6.04. The Balaban J connectivity index is 0.817. The number of aromatic amines is 2. The zero-order valence-electron chi connectivity index (χ0n) is 32.0. The van der Waals surface area contributed by atoms with Crippen LogP contribution in [0.1, 0.15) is 86.2 Å². The third kappa shape index (κ3) is 6.88. The zero-order valence-corrected chi connectivity index (χ0v) is 32.0. The predicted octanol–water partition coefficient (Wildman–Crippen LogP) is 7.00. The number of likely N-dealkylation sites (tertiary alicyclic amines) is 2. The van der Waals surface area contributed by atoms with Crippen molar-refractivity contribution < 1.29 is 9.59 Å². The average Bonchev–Trinajstić information content (AvgIpc) is 4.10. The van der Waals surface area contributed by atoms with Crippen molar-refractivity contribution in [3.63, 3.8) is 0 Å². The molecule has 3 fully saturated rings. The molecule has 0 aliphatic carbocycles. The minimum absolute atomic E-state index is 0.0443. The van der Waals surface area contributed by atoms with Crippen molar-refractivity contribution in [3.8, 4) is 11.3 Å². The molecule has 12 heteroatoms. The van der Waals surface area contributed by atoms with Gasteiger partial charge in [-0.15, -0.1) is 0 Å². The molecule has 3 saturated heterocycles. The second-order valence-corrected chi connectivity index (χ2v) is 15.4. The van der Waals surface area contributed by atoms with Crippen molar-refractivity contribution in [1.82, 2.24) is 39.7 Å². The number of piperazine rings is 1. The van der Waals surface area contributed by atoms with E-state index in [2.05, 4.69) is 38.0 Å². The number of imidazole rings is 2. The van der Waals surface area contributed by atoms with E-state index in [1.807, 2.05) is 103 Å². The SMILES string of the molecule is C[C@@H](C(=O)N1CCC[C@H]1c1ncc(-c2cnc(N3CCN(c4ccc5nc([C@@H]6CCCN6C(=O)[C@H](C)c6ccccc6)[nH]c5c4)CC3)nc2)[nH]1)c1ccccc1. The van der Waals surface area contributed by atoms with Gasteiger partial charge in [-0.25, -0.2) is 19.9 Å². The first-order chi connectivity index (χ1) is 27.4. The molecule has 6 heterocycles. The van der Waals surface area contributed by atoms with E-state index in [9.17, 15) is 9.59 Å². The van der Waals surface area contributed by atoms with E-state index in [4.69, 9.17) is 19.9 Å². The lowest BCUT2D eigenvalue weighted by atomic mass is 9.99. The summed E-state index contributed by atoms with van der Waals surface area (Å²) in [7, 11) is 0. The van der Waals surface area contributed by atoms with Crippen LogP contribution in [0.15, 0.2) is 97.5 Å². The number of benzene rings is 3. The van der Waals surface area contributed by atoms with E-state index in [1.54, 1.807) is 0 Å². The number of hydrogen-bond acceptors (Lipinski definition) is 8. The Labute approximate surface area is 327 Å². The van der Waals surface area contributed by atoms with E-state index in [0.717, 1.165) is 116 Å². The summed E-state index contributed by atoms with van der Waals surface area (Å²) in [6, 6.07) is 26.3. The van der Waals surface area contributed by atoms with E-state index < -0.39 is 0 Å². The third-order valence-corrected chi connectivity index (χ3v) is 12.0. The zero-order chi connectivity index (χ0) is 38.2. The number of carbonyl (C=O) groups excluding carboxylic acids is 2. The Kier molecular flexibility index (Phi) is 9.70. The molecule has 4 atom stereocenters. The molecule has 3 aliphatic heterocycles. The van der Waals surface area contributed by atoms with Gasteiger partial charge in [0, 0.05) is 62.9 Å². The molecule has 2 N–H and O–H groups in total. The fourth-order valence-corrected chi connectivity index (χ4v) is 8.71. The van der Waals surface area contributed by atoms with Crippen LogP contribution in [0.4, 0.5) is 11.6 Å². The highest BCUT2D eigenvalue weighted by Crippen LogP contribution is 2.36. The van der Waals surface area contributed by atoms with E-state index in [0.29, 0.717) is 5.95 Å². The highest BCUT2D eigenvalue weighted by atomic mass is 16.2. The molecule has 12 nitrogen and oxygen atoms in total. The van der Waals surface area contributed by atoms with Crippen molar-refractivity contribution in [3.05, 3.63) is 120 Å². The molecule has 6 aromatic rings. The number of rotatable bonds is 9. The summed E-state index contributed by atoms with van der Waals surface area (Å²) in [6.07, 6.45) is 9.25. The predicted molar refractivity (Wildman–Crippen MR) is 217 cm³/mol. The summed E-state index contributed by atoms with van der Waals surface area (Å²) in [6.45, 7) is 8.74. The average molecular weight is 749 g/mol. The first kappa shape index (κ1) is 35.6. The number of carbonyl (C=O) groups is 2. The highest BCUT2D eigenvalue weighted by Gasteiger charge is 2.36. The summed E-state index contributed by atoms with van der Waals surface area (Å²) >= 11 is 0. The van der Waals surface area contributed by atoms with Crippen LogP contribution >= 0.6 is 0 Å². The molecule has 2 amide bonds. The van der Waals surface area contributed by atoms with E-state index in [1.165, 1.54) is 0 Å². The summed E-state index contributed by atoms with van der Waals surface area (Å²) in [4.78, 5) is 62.0. The first-order valence-electron chi connectivity index (χ1n) is 20.0. The van der Waals surface area contributed by atoms with Crippen LogP contribution in [0.25, 0.3) is 22.3 Å². The summed E-state index contributed by atoms with van der Waals surface area (Å²) in [5.41, 5.74) is 6.84. The van der Waals surface area contributed by atoms with Gasteiger partial charge in [0.2, 0.25) is 17.8 Å². The lowest BCUT2D eigenvalue weighted by Gasteiger charge is -2.36. The number of anilines is 2. The van der Waals surface area contributed by atoms with Crippen LogP contribution in [0.5, 0.6) is 0 Å². The maximum atomic E-state index is 13.6. The molecule has 0 unspecified atom stereocenters. The Morgan fingerprint density at radius 1 is 0.643 bits per heavy atom. The lowest BCUT2D eigenvalue weighted by molar-refractivity contribution is -0.134. The van der Waals surface area contributed by atoms with Gasteiger partial charge in [-0.3, -0.25) is 9.59 Å². The van der Waals surface area contributed by atoms with Crippen LogP contribution in [0.3, 0.4) is 0 Å². The monoisotopic (exact) mass is 748 g/mol. The third-order valence-electron chi connectivity index (χ3n) is 12.0. The minimum Gasteiger partial charge on any atom is -0.368 e. The second kappa shape index (κ2) is 15.2. The number of amides is 2. The fourth-order valence-electron chi connectivity index (χ4n) is 8.71. The lowest BCUT2D eigenvalue weighted by Crippen LogP contribution is -2.47. The highest BCUT2D eigenvalue weighted by molar-refractivity contribution is 5.85. The van der Waals surface area contributed by atoms with Crippen molar-refractivity contribution >= 4 is 34.5 Å². The Morgan fingerprint density at radius 2 is 1.21 bits per heavy atom. The molecule has 56 heavy (non-hydrogen) atoms. The van der Waals surface area contributed by atoms with Crippen molar-refractivity contribution in [2.45, 2.75) is 63.5 Å². The van der Waals surface area contributed by atoms with Crippen LogP contribution in [0.2, 0.25) is 0 Å². The second-order valence-electron chi connectivity index (χ2n) is 15.4. The number of nitrogens with one attached hydrogen (secondary N) is 2. The van der Waals surface area contributed by atoms with Gasteiger partial charge in [0.1, 0.15) is 11.6 Å². The molecular weight excluding hydrogens is 701 g/mol. The smallest absolute Gasteiger partial charge is 0.230 e. The van der Waals surface area contributed by atoms with Crippen LogP contribution in [-0.2, 0) is 9.59 Å². The fraction of sp³-hybridized carbons (Fsp3) is 0.364. The van der Waals surface area contributed by atoms with Gasteiger partial charge in [0.25, 0.3) is 0 Å². The summed E-state index contributed by atoms with van der Waals surface area (Å²) in [5, 5.41) is 0. The van der Waals surface area contributed by atoms with Gasteiger partial charge in [-0.2, -0.15) is 0 Å². The van der Waals surface area contributed by atoms with Gasteiger partial charge < -0.3 is 29.6 Å². The minimum atomic E-state index is -0.204. The maximum Gasteiger partial charge on any atom is 0.230 e. The first-order valence-corrected chi connectivity index (χ1v) is 20.0. The standard InChI is InChI=1S/C44H48N10O2/c1-29(31-11-5-3-6-12-31)42(55)53-19-9-15-38(53)40-45-28-37(50-40)33-26-46-44(47-27-33)52-23-21-51(22-24-52)34-17-18-35-36(25-34)49-41(48-35)39-16-10-20-54(39)43(56)30(2)32-13-7-4-8-14-32/h3-8,11-14,17-18,25-30,38-39H,9-10,15-16,19-24H2,1-2H3,(H,45,50)(H,48,49)/t29-,30-,38+,39+/m1/s1. The topological polar surface area (TPSA) is 130 Å². The van der Waals surface area contributed by atoms with E-state index in [-0.39, 0.29) is 35.7 Å². The van der Waals surface area contributed by atoms with E-state index >= 15 is 0 Å². The van der Waals surface area contributed by atoms with Gasteiger partial charge in [-0.05, 0) is 68.9 Å². The normalized spacial score (nSPS) is 19.8. The van der Waals surface area contributed by atoms with Gasteiger partial charge >= 0.3 is 0 Å². The molecule has 0 bridgehead atoms. The summed E-state index contributed by atoms with van der Waals surface area (Å²) < 4.78 is 0. The number of nitrogens with zero attached hydrogens (tertiary/aromatic N) is 8. The quantitative estimate of drug-likeness (QED) is 0.162. The molecular formula is C44H48N10O2. The van der Waals surface area contributed by atoms with Crippen molar-refractivity contribution in [1.29, 1.82) is 0 Å². The molecule has 3 aliphatic rings. The van der Waals surface area contributed by atoms with Crippen molar-refractivity contribution in [2.75, 3.05) is 49.1 Å². The molecule has 0 spiro atoms. The van der Waals surface area contributed by atoms with Crippen LogP contribution < -0.4 is 9.80 Å². The number of fused-ring (bicyclic) bond motifs is 1. The number of hydrogen-bond donors (Lipinski definition) is 2. The molecule has 0 radical (unpaired) electrons. The Morgan fingerprint density at radius 3 is 1.82 bits per heavy atom. The van der Waals surface area contributed by atoms with Gasteiger partial charge in [0.05, 0.1) is 46.8 Å². The molecule has 3 aromatic carbocycles.